The predicted octanol–water partition coefficient (Wildman–Crippen LogP) is 12.7. The molecule has 3 heteroatoms. The van der Waals surface area contributed by atoms with Crippen LogP contribution in [0.4, 0.5) is 0 Å². The molecule has 8 aromatic carbocycles. The minimum absolute atomic E-state index is 0.288. The van der Waals surface area contributed by atoms with Gasteiger partial charge in [0.25, 0.3) is 0 Å². The van der Waals surface area contributed by atoms with Crippen LogP contribution in [0.2, 0.25) is 0 Å². The summed E-state index contributed by atoms with van der Waals surface area (Å²) in [5.74, 6) is 1.97. The maximum atomic E-state index is 5.14. The van der Waals surface area contributed by atoms with Gasteiger partial charge in [-0.2, -0.15) is 0 Å². The standard InChI is InChI=1S/C53H37N3/c1-52(2)45-29-15-16-30-46(45)53(43-27-13-11-24-39(43)40-25-12-14-28-44(40)53)47-31-17-26-41(48(47)52)38-32-33-42(37-23-10-9-22-36(37)38)51-55-49(34-18-5-3-6-19-34)54-50(56-51)35-20-7-4-8-21-35/h3-33H,1-2H3. The zero-order chi connectivity index (χ0) is 37.4. The van der Waals surface area contributed by atoms with Crippen LogP contribution < -0.4 is 0 Å². The van der Waals surface area contributed by atoms with Gasteiger partial charge in [0.2, 0.25) is 0 Å². The topological polar surface area (TPSA) is 38.7 Å². The summed E-state index contributed by atoms with van der Waals surface area (Å²) in [6, 6.07) is 67.9. The number of rotatable bonds is 4. The summed E-state index contributed by atoms with van der Waals surface area (Å²) in [6.45, 7) is 4.82. The lowest BCUT2D eigenvalue weighted by Crippen LogP contribution is -2.41. The smallest absolute Gasteiger partial charge is 0.164 e. The van der Waals surface area contributed by atoms with Crippen molar-refractivity contribution in [3.05, 3.63) is 221 Å². The molecule has 56 heavy (non-hydrogen) atoms. The van der Waals surface area contributed by atoms with Crippen molar-refractivity contribution in [1.29, 1.82) is 0 Å². The van der Waals surface area contributed by atoms with Gasteiger partial charge in [-0.1, -0.05) is 196 Å². The van der Waals surface area contributed by atoms with Gasteiger partial charge in [-0.15, -0.1) is 0 Å². The summed E-state index contributed by atoms with van der Waals surface area (Å²) < 4.78 is 0. The summed E-state index contributed by atoms with van der Waals surface area (Å²) in [7, 11) is 0. The third-order valence-electron chi connectivity index (χ3n) is 12.2. The first-order chi connectivity index (χ1) is 27.5. The fourth-order valence-electron chi connectivity index (χ4n) is 9.87. The average molecular weight is 716 g/mol. The molecule has 0 fully saturated rings. The first-order valence-corrected chi connectivity index (χ1v) is 19.4. The minimum atomic E-state index is -0.451. The highest BCUT2D eigenvalue weighted by atomic mass is 15.0. The van der Waals surface area contributed by atoms with Crippen molar-refractivity contribution in [3.63, 3.8) is 0 Å². The molecule has 0 saturated heterocycles. The van der Waals surface area contributed by atoms with E-state index < -0.39 is 5.41 Å². The molecule has 0 saturated carbocycles. The maximum Gasteiger partial charge on any atom is 0.164 e. The van der Waals surface area contributed by atoms with Gasteiger partial charge in [0.15, 0.2) is 17.5 Å². The Morgan fingerprint density at radius 3 is 1.34 bits per heavy atom. The number of benzene rings is 8. The van der Waals surface area contributed by atoms with E-state index in [-0.39, 0.29) is 5.41 Å². The molecule has 0 amide bonds. The average Bonchev–Trinajstić information content (AvgIpc) is 3.56. The molecule has 0 aliphatic heterocycles. The van der Waals surface area contributed by atoms with Gasteiger partial charge in [0.1, 0.15) is 0 Å². The predicted molar refractivity (Wildman–Crippen MR) is 229 cm³/mol. The molecule has 0 bridgehead atoms. The van der Waals surface area contributed by atoms with Crippen LogP contribution in [0.3, 0.4) is 0 Å². The highest BCUT2D eigenvalue weighted by molar-refractivity contribution is 6.05. The van der Waals surface area contributed by atoms with Gasteiger partial charge in [-0.3, -0.25) is 0 Å². The fourth-order valence-corrected chi connectivity index (χ4v) is 9.87. The van der Waals surface area contributed by atoms with E-state index in [4.69, 9.17) is 15.0 Å². The molecule has 11 rings (SSSR count). The van der Waals surface area contributed by atoms with E-state index in [0.717, 1.165) is 27.5 Å². The van der Waals surface area contributed by atoms with Crippen LogP contribution in [-0.4, -0.2) is 15.0 Å². The number of nitrogens with zero attached hydrogens (tertiary/aromatic N) is 3. The zero-order valence-corrected chi connectivity index (χ0v) is 31.2. The Morgan fingerprint density at radius 1 is 0.304 bits per heavy atom. The number of aromatic nitrogens is 3. The Balaban J connectivity index is 1.18. The zero-order valence-electron chi connectivity index (χ0n) is 31.2. The van der Waals surface area contributed by atoms with Crippen LogP contribution in [0.1, 0.15) is 47.2 Å². The Bertz CT molecular complexity index is 2900. The summed E-state index contributed by atoms with van der Waals surface area (Å²) in [6.07, 6.45) is 0. The van der Waals surface area contributed by atoms with E-state index >= 15 is 0 Å². The number of hydrogen-bond acceptors (Lipinski definition) is 3. The van der Waals surface area contributed by atoms with Gasteiger partial charge in [-0.05, 0) is 72.5 Å². The molecule has 2 aliphatic carbocycles. The van der Waals surface area contributed by atoms with Crippen molar-refractivity contribution < 1.29 is 0 Å². The quantitative estimate of drug-likeness (QED) is 0.182. The molecular weight excluding hydrogens is 679 g/mol. The largest absolute Gasteiger partial charge is 0.208 e. The van der Waals surface area contributed by atoms with Gasteiger partial charge in [0.05, 0.1) is 5.41 Å². The van der Waals surface area contributed by atoms with E-state index in [1.165, 1.54) is 55.6 Å². The molecule has 1 aromatic heterocycles. The minimum Gasteiger partial charge on any atom is -0.208 e. The van der Waals surface area contributed by atoms with Crippen LogP contribution in [0, 0.1) is 0 Å². The molecule has 9 aromatic rings. The molecule has 0 unspecified atom stereocenters. The molecule has 1 heterocycles. The second-order valence-corrected chi connectivity index (χ2v) is 15.5. The lowest BCUT2D eigenvalue weighted by Gasteiger charge is -2.47. The van der Waals surface area contributed by atoms with Crippen LogP contribution >= 0.6 is 0 Å². The van der Waals surface area contributed by atoms with Crippen molar-refractivity contribution in [2.45, 2.75) is 24.7 Å². The van der Waals surface area contributed by atoms with Gasteiger partial charge >= 0.3 is 0 Å². The monoisotopic (exact) mass is 715 g/mol. The van der Waals surface area contributed by atoms with Crippen LogP contribution in [0.15, 0.2) is 188 Å². The third kappa shape index (κ3) is 4.55. The van der Waals surface area contributed by atoms with E-state index in [9.17, 15) is 0 Å². The Hall–Kier alpha value is -6.97. The lowest BCUT2D eigenvalue weighted by molar-refractivity contribution is 0.565. The Labute approximate surface area is 327 Å². The Kier molecular flexibility index (Phi) is 7.11. The Morgan fingerprint density at radius 2 is 0.732 bits per heavy atom. The first-order valence-electron chi connectivity index (χ1n) is 19.4. The molecule has 0 atom stereocenters. The van der Waals surface area contributed by atoms with E-state index in [2.05, 4.69) is 166 Å². The maximum absolute atomic E-state index is 5.14. The molecule has 264 valence electrons. The summed E-state index contributed by atoms with van der Waals surface area (Å²) in [5, 5.41) is 2.27. The van der Waals surface area contributed by atoms with E-state index in [1.807, 2.05) is 36.4 Å². The van der Waals surface area contributed by atoms with E-state index in [0.29, 0.717) is 17.5 Å². The SMILES string of the molecule is CC1(C)c2ccccc2C2(c3ccccc3-c3ccccc32)c2cccc(-c3ccc(-c4nc(-c5ccccc5)nc(-c5ccccc5)n4)c4ccccc34)c21. The molecule has 0 N–H and O–H groups in total. The van der Waals surface area contributed by atoms with Crippen molar-refractivity contribution in [3.8, 4) is 56.4 Å². The number of hydrogen-bond donors (Lipinski definition) is 0. The summed E-state index contributed by atoms with van der Waals surface area (Å²) >= 11 is 0. The molecule has 0 radical (unpaired) electrons. The van der Waals surface area contributed by atoms with E-state index in [1.54, 1.807) is 0 Å². The third-order valence-corrected chi connectivity index (χ3v) is 12.2. The van der Waals surface area contributed by atoms with Gasteiger partial charge in [0, 0.05) is 22.1 Å². The highest BCUT2D eigenvalue weighted by Crippen LogP contribution is 2.63. The first kappa shape index (κ1) is 32.5. The van der Waals surface area contributed by atoms with Crippen LogP contribution in [0.25, 0.3) is 67.2 Å². The second-order valence-electron chi connectivity index (χ2n) is 15.5. The van der Waals surface area contributed by atoms with Crippen LogP contribution in [-0.2, 0) is 10.8 Å². The fraction of sp³-hybridized carbons (Fsp3) is 0.0755. The van der Waals surface area contributed by atoms with Gasteiger partial charge < -0.3 is 0 Å². The van der Waals surface area contributed by atoms with Crippen LogP contribution in [0.5, 0.6) is 0 Å². The molecule has 2 aliphatic rings. The van der Waals surface area contributed by atoms with Gasteiger partial charge in [-0.25, -0.2) is 15.0 Å². The summed E-state index contributed by atoms with van der Waals surface area (Å²) in [4.78, 5) is 15.2. The van der Waals surface area contributed by atoms with Crippen molar-refractivity contribution >= 4 is 10.8 Å². The normalized spacial score (nSPS) is 14.2. The second kappa shape index (κ2) is 12.3. The summed E-state index contributed by atoms with van der Waals surface area (Å²) in [5.41, 5.74) is 15.3. The number of fused-ring (bicyclic) bond motifs is 10. The molecular formula is C53H37N3. The van der Waals surface area contributed by atoms with Crippen molar-refractivity contribution in [2.75, 3.05) is 0 Å². The lowest BCUT2D eigenvalue weighted by atomic mass is 9.54. The molecule has 3 nitrogen and oxygen atoms in total. The van der Waals surface area contributed by atoms with Crippen molar-refractivity contribution in [1.82, 2.24) is 15.0 Å². The molecule has 1 spiro atoms. The van der Waals surface area contributed by atoms with Crippen molar-refractivity contribution in [2.24, 2.45) is 0 Å². The highest BCUT2D eigenvalue weighted by Gasteiger charge is 2.53.